The lowest BCUT2D eigenvalue weighted by Gasteiger charge is -2.02. The number of rotatable bonds is 2. The molecule has 1 fully saturated rings. The largest absolute Gasteiger partial charge is 0.383 e. The first-order valence-electron chi connectivity index (χ1n) is 5.50. The molecule has 2 aromatic heterocycles. The number of nitrogen functional groups attached to an aromatic ring is 1. The maximum atomic E-state index is 5.81. The first kappa shape index (κ1) is 10.6. The van der Waals surface area contributed by atoms with Gasteiger partial charge in [-0.3, -0.25) is 0 Å². The molecule has 1 aliphatic rings. The van der Waals surface area contributed by atoms with Crippen LogP contribution in [0.1, 0.15) is 24.8 Å². The predicted molar refractivity (Wildman–Crippen MR) is 65.5 cm³/mol. The SMILES string of the molecule is Nc1ncccc1-c1nc(C2CCCO2)ns1. The summed E-state index contributed by atoms with van der Waals surface area (Å²) < 4.78 is 9.89. The Morgan fingerprint density at radius 1 is 1.47 bits per heavy atom. The predicted octanol–water partition coefficient (Wildman–Crippen LogP) is 2.03. The quantitative estimate of drug-likeness (QED) is 0.880. The fraction of sp³-hybridized carbons (Fsp3) is 0.364. The van der Waals surface area contributed by atoms with Crippen molar-refractivity contribution in [2.75, 3.05) is 12.3 Å². The van der Waals surface area contributed by atoms with Crippen LogP contribution in [-0.2, 0) is 4.74 Å². The highest BCUT2D eigenvalue weighted by molar-refractivity contribution is 7.09. The average molecular weight is 248 g/mol. The summed E-state index contributed by atoms with van der Waals surface area (Å²) >= 11 is 1.34. The summed E-state index contributed by atoms with van der Waals surface area (Å²) in [4.78, 5) is 8.53. The number of nitrogens with two attached hydrogens (primary N) is 1. The Kier molecular flexibility index (Phi) is 2.74. The Balaban J connectivity index is 1.92. The highest BCUT2D eigenvalue weighted by Crippen LogP contribution is 2.31. The van der Waals surface area contributed by atoms with Gasteiger partial charge in [0.15, 0.2) is 5.82 Å². The molecule has 2 aromatic rings. The number of hydrogen-bond donors (Lipinski definition) is 1. The first-order valence-corrected chi connectivity index (χ1v) is 6.28. The van der Waals surface area contributed by atoms with Crippen molar-refractivity contribution in [3.05, 3.63) is 24.2 Å². The maximum absolute atomic E-state index is 5.81. The van der Waals surface area contributed by atoms with E-state index in [4.69, 9.17) is 10.5 Å². The van der Waals surface area contributed by atoms with E-state index in [0.717, 1.165) is 35.8 Å². The minimum Gasteiger partial charge on any atom is -0.383 e. The van der Waals surface area contributed by atoms with Crippen molar-refractivity contribution >= 4 is 17.4 Å². The lowest BCUT2D eigenvalue weighted by Crippen LogP contribution is -1.98. The third-order valence-corrected chi connectivity index (χ3v) is 3.49. The third kappa shape index (κ3) is 2.01. The zero-order chi connectivity index (χ0) is 11.7. The molecule has 2 N–H and O–H groups in total. The lowest BCUT2D eigenvalue weighted by molar-refractivity contribution is 0.106. The van der Waals surface area contributed by atoms with E-state index in [0.29, 0.717) is 5.82 Å². The molecule has 0 radical (unpaired) electrons. The van der Waals surface area contributed by atoms with Crippen molar-refractivity contribution in [2.24, 2.45) is 0 Å². The van der Waals surface area contributed by atoms with Gasteiger partial charge in [-0.05, 0) is 36.5 Å². The van der Waals surface area contributed by atoms with Gasteiger partial charge in [0.05, 0.1) is 5.56 Å². The molecule has 88 valence electrons. The Morgan fingerprint density at radius 2 is 2.41 bits per heavy atom. The van der Waals surface area contributed by atoms with Crippen LogP contribution in [-0.4, -0.2) is 20.9 Å². The normalized spacial score (nSPS) is 19.6. The molecule has 0 amide bonds. The molecule has 17 heavy (non-hydrogen) atoms. The van der Waals surface area contributed by atoms with Gasteiger partial charge in [0.2, 0.25) is 0 Å². The van der Waals surface area contributed by atoms with Crippen LogP contribution in [0.15, 0.2) is 18.3 Å². The average Bonchev–Trinajstić information content (AvgIpc) is 3.00. The summed E-state index contributed by atoms with van der Waals surface area (Å²) in [5, 5.41) is 0.807. The van der Waals surface area contributed by atoms with Crippen molar-refractivity contribution in [3.63, 3.8) is 0 Å². The molecule has 0 aliphatic carbocycles. The van der Waals surface area contributed by atoms with Gasteiger partial charge < -0.3 is 10.5 Å². The molecule has 6 heteroatoms. The number of anilines is 1. The second-order valence-electron chi connectivity index (χ2n) is 3.90. The molecule has 3 heterocycles. The van der Waals surface area contributed by atoms with Crippen molar-refractivity contribution in [1.29, 1.82) is 0 Å². The molecule has 5 nitrogen and oxygen atoms in total. The zero-order valence-corrected chi connectivity index (χ0v) is 9.98. The van der Waals surface area contributed by atoms with E-state index >= 15 is 0 Å². The maximum Gasteiger partial charge on any atom is 0.171 e. The standard InChI is InChI=1S/C11H12N4OS/c12-9-7(3-1-5-13-9)11-14-10(15-17-11)8-4-2-6-16-8/h1,3,5,8H,2,4,6H2,(H2,12,13). The molecule has 1 saturated heterocycles. The number of aromatic nitrogens is 3. The van der Waals surface area contributed by atoms with Crippen molar-refractivity contribution in [3.8, 4) is 10.6 Å². The molecule has 0 aromatic carbocycles. The van der Waals surface area contributed by atoms with E-state index in [2.05, 4.69) is 14.3 Å². The van der Waals surface area contributed by atoms with Crippen LogP contribution in [0.3, 0.4) is 0 Å². The van der Waals surface area contributed by atoms with Crippen LogP contribution in [0.4, 0.5) is 5.82 Å². The van der Waals surface area contributed by atoms with Crippen molar-refractivity contribution in [1.82, 2.24) is 14.3 Å². The molecule has 1 atom stereocenters. The summed E-state index contributed by atoms with van der Waals surface area (Å²) in [5.74, 6) is 1.26. The van der Waals surface area contributed by atoms with E-state index in [-0.39, 0.29) is 6.10 Å². The summed E-state index contributed by atoms with van der Waals surface area (Å²) in [6.07, 6.45) is 3.80. The second-order valence-corrected chi connectivity index (χ2v) is 4.65. The van der Waals surface area contributed by atoms with Crippen molar-refractivity contribution < 1.29 is 4.74 Å². The summed E-state index contributed by atoms with van der Waals surface area (Å²) in [6.45, 7) is 0.800. The Bertz CT molecular complexity index is 522. The highest BCUT2D eigenvalue weighted by atomic mass is 32.1. The third-order valence-electron chi connectivity index (χ3n) is 2.73. The molecule has 1 unspecified atom stereocenters. The summed E-state index contributed by atoms with van der Waals surface area (Å²) in [6, 6.07) is 3.75. The minimum atomic E-state index is 0.0536. The number of ether oxygens (including phenoxy) is 1. The number of nitrogens with zero attached hydrogens (tertiary/aromatic N) is 3. The first-order chi connectivity index (χ1) is 8.34. The molecule has 1 aliphatic heterocycles. The van der Waals surface area contributed by atoms with E-state index in [1.54, 1.807) is 6.20 Å². The summed E-state index contributed by atoms with van der Waals surface area (Å²) in [5.41, 5.74) is 6.65. The van der Waals surface area contributed by atoms with Gasteiger partial charge in [-0.15, -0.1) is 0 Å². The zero-order valence-electron chi connectivity index (χ0n) is 9.17. The Morgan fingerprint density at radius 3 is 3.18 bits per heavy atom. The van der Waals surface area contributed by atoms with Gasteiger partial charge >= 0.3 is 0 Å². The van der Waals surface area contributed by atoms with E-state index in [9.17, 15) is 0 Å². The minimum absolute atomic E-state index is 0.0536. The van der Waals surface area contributed by atoms with Crippen LogP contribution in [0.2, 0.25) is 0 Å². The fourth-order valence-electron chi connectivity index (χ4n) is 1.85. The van der Waals surface area contributed by atoms with Gasteiger partial charge in [0, 0.05) is 12.8 Å². The summed E-state index contributed by atoms with van der Waals surface area (Å²) in [7, 11) is 0. The molecule has 0 saturated carbocycles. The van der Waals surface area contributed by atoms with Gasteiger partial charge in [-0.1, -0.05) is 0 Å². The number of hydrogen-bond acceptors (Lipinski definition) is 6. The smallest absolute Gasteiger partial charge is 0.171 e. The molecule has 3 rings (SSSR count). The van der Waals surface area contributed by atoms with Gasteiger partial charge in [-0.2, -0.15) is 4.37 Å². The van der Waals surface area contributed by atoms with E-state index in [1.165, 1.54) is 11.5 Å². The topological polar surface area (TPSA) is 73.9 Å². The molecule has 0 spiro atoms. The van der Waals surface area contributed by atoms with Crippen LogP contribution >= 0.6 is 11.5 Å². The van der Waals surface area contributed by atoms with Gasteiger partial charge in [0.1, 0.15) is 16.9 Å². The Labute approximate surface area is 103 Å². The molecular weight excluding hydrogens is 236 g/mol. The van der Waals surface area contributed by atoms with Crippen LogP contribution < -0.4 is 5.73 Å². The second kappa shape index (κ2) is 4.38. The Hall–Kier alpha value is -1.53. The van der Waals surface area contributed by atoms with Gasteiger partial charge in [-0.25, -0.2) is 9.97 Å². The van der Waals surface area contributed by atoms with Crippen LogP contribution in [0, 0.1) is 0 Å². The molecular formula is C11H12N4OS. The van der Waals surface area contributed by atoms with E-state index in [1.807, 2.05) is 12.1 Å². The van der Waals surface area contributed by atoms with E-state index < -0.39 is 0 Å². The highest BCUT2D eigenvalue weighted by Gasteiger charge is 2.22. The van der Waals surface area contributed by atoms with Crippen LogP contribution in [0.5, 0.6) is 0 Å². The van der Waals surface area contributed by atoms with Gasteiger partial charge in [0.25, 0.3) is 0 Å². The van der Waals surface area contributed by atoms with Crippen molar-refractivity contribution in [2.45, 2.75) is 18.9 Å². The molecule has 0 bridgehead atoms. The fourth-order valence-corrected chi connectivity index (χ4v) is 2.60. The monoisotopic (exact) mass is 248 g/mol. The van der Waals surface area contributed by atoms with Crippen LogP contribution in [0.25, 0.3) is 10.6 Å². The number of pyridine rings is 1. The lowest BCUT2D eigenvalue weighted by atomic mass is 10.2.